The molecule has 0 spiro atoms. The molecule has 0 radical (unpaired) electrons. The van der Waals surface area contributed by atoms with Crippen LogP contribution in [0.25, 0.3) is 0 Å². The third kappa shape index (κ3) is 5.16. The lowest BCUT2D eigenvalue weighted by Crippen LogP contribution is -2.29. The molecule has 0 saturated carbocycles. The van der Waals surface area contributed by atoms with Gasteiger partial charge in [-0.1, -0.05) is 19.8 Å². The molecule has 0 saturated heterocycles. The van der Waals surface area contributed by atoms with Gasteiger partial charge in [-0.15, -0.1) is 11.3 Å². The van der Waals surface area contributed by atoms with Crippen LogP contribution in [0.3, 0.4) is 0 Å². The van der Waals surface area contributed by atoms with Crippen molar-refractivity contribution in [2.24, 2.45) is 0 Å². The third-order valence-electron chi connectivity index (χ3n) is 2.55. The number of ether oxygens (including phenoxy) is 1. The van der Waals surface area contributed by atoms with E-state index in [0.717, 1.165) is 22.8 Å². The molecule has 0 amide bonds. The standard InChI is InChI=1S/C13H20N2O2S2/c1-4-5-6-7-14-13(18)15-11-10(12(16)17-3)8-9(2)19-11/h8H,4-7H2,1-3H3,(H2,14,15,18). The summed E-state index contributed by atoms with van der Waals surface area (Å²) in [5, 5.41) is 7.47. The molecule has 0 aliphatic rings. The number of rotatable bonds is 6. The van der Waals surface area contributed by atoms with E-state index < -0.39 is 0 Å². The number of hydrogen-bond acceptors (Lipinski definition) is 4. The fourth-order valence-corrected chi connectivity index (χ4v) is 2.77. The Bertz CT molecular complexity index is 444. The first kappa shape index (κ1) is 15.9. The summed E-state index contributed by atoms with van der Waals surface area (Å²) in [5.74, 6) is -0.347. The van der Waals surface area contributed by atoms with Gasteiger partial charge >= 0.3 is 5.97 Å². The quantitative estimate of drug-likeness (QED) is 0.479. The number of methoxy groups -OCH3 is 1. The van der Waals surface area contributed by atoms with Crippen LogP contribution in [0.15, 0.2) is 6.07 Å². The Kier molecular flexibility index (Phi) is 6.80. The van der Waals surface area contributed by atoms with Gasteiger partial charge < -0.3 is 15.4 Å². The van der Waals surface area contributed by atoms with Gasteiger partial charge in [-0.05, 0) is 31.6 Å². The zero-order chi connectivity index (χ0) is 14.3. The van der Waals surface area contributed by atoms with Gasteiger partial charge in [0, 0.05) is 11.4 Å². The Hall–Kier alpha value is -1.14. The monoisotopic (exact) mass is 300 g/mol. The molecule has 2 N–H and O–H groups in total. The van der Waals surface area contributed by atoms with Crippen molar-refractivity contribution in [3.8, 4) is 0 Å². The average molecular weight is 300 g/mol. The molecule has 0 aromatic carbocycles. The van der Waals surface area contributed by atoms with Crippen LogP contribution in [0, 0.1) is 6.92 Å². The fourth-order valence-electron chi connectivity index (χ4n) is 1.59. The molecule has 19 heavy (non-hydrogen) atoms. The highest BCUT2D eigenvalue weighted by Crippen LogP contribution is 2.28. The predicted octanol–water partition coefficient (Wildman–Crippen LogP) is 3.32. The average Bonchev–Trinajstić information content (AvgIpc) is 2.74. The Labute approximate surface area is 123 Å². The topological polar surface area (TPSA) is 50.4 Å². The summed E-state index contributed by atoms with van der Waals surface area (Å²) in [6, 6.07) is 1.80. The lowest BCUT2D eigenvalue weighted by molar-refractivity contribution is 0.0602. The van der Waals surface area contributed by atoms with Gasteiger partial charge in [0.05, 0.1) is 12.7 Å². The minimum atomic E-state index is -0.347. The summed E-state index contributed by atoms with van der Waals surface area (Å²) in [6.07, 6.45) is 3.45. The molecule has 4 nitrogen and oxygen atoms in total. The maximum absolute atomic E-state index is 11.6. The van der Waals surface area contributed by atoms with E-state index in [1.165, 1.54) is 31.3 Å². The van der Waals surface area contributed by atoms with Crippen LogP contribution in [0.1, 0.15) is 41.4 Å². The Morgan fingerprint density at radius 2 is 2.21 bits per heavy atom. The van der Waals surface area contributed by atoms with E-state index in [-0.39, 0.29) is 5.97 Å². The maximum Gasteiger partial charge on any atom is 0.340 e. The molecule has 0 atom stereocenters. The number of nitrogens with one attached hydrogen (secondary N) is 2. The Balaban J connectivity index is 2.56. The molecule has 0 aliphatic carbocycles. The second kappa shape index (κ2) is 8.12. The van der Waals surface area contributed by atoms with Gasteiger partial charge in [0.25, 0.3) is 0 Å². The van der Waals surface area contributed by atoms with Crippen molar-refractivity contribution in [2.75, 3.05) is 19.0 Å². The first-order valence-electron chi connectivity index (χ1n) is 6.32. The molecule has 1 aromatic rings. The second-order valence-electron chi connectivity index (χ2n) is 4.18. The van der Waals surface area contributed by atoms with E-state index in [2.05, 4.69) is 17.6 Å². The van der Waals surface area contributed by atoms with Crippen LogP contribution in [0.5, 0.6) is 0 Å². The first-order chi connectivity index (χ1) is 9.08. The molecular formula is C13H20N2O2S2. The van der Waals surface area contributed by atoms with Crippen molar-refractivity contribution >= 4 is 39.6 Å². The Morgan fingerprint density at radius 1 is 1.47 bits per heavy atom. The van der Waals surface area contributed by atoms with Crippen molar-refractivity contribution in [2.45, 2.75) is 33.1 Å². The number of thiophene rings is 1. The summed E-state index contributed by atoms with van der Waals surface area (Å²) in [7, 11) is 1.38. The van der Waals surface area contributed by atoms with E-state index in [4.69, 9.17) is 17.0 Å². The molecule has 0 unspecified atom stereocenters. The van der Waals surface area contributed by atoms with E-state index >= 15 is 0 Å². The molecule has 1 rings (SSSR count). The highest BCUT2D eigenvalue weighted by molar-refractivity contribution is 7.80. The van der Waals surface area contributed by atoms with E-state index in [9.17, 15) is 4.79 Å². The SMILES string of the molecule is CCCCCNC(=S)Nc1sc(C)cc1C(=O)OC. The number of esters is 1. The Morgan fingerprint density at radius 3 is 2.84 bits per heavy atom. The minimum Gasteiger partial charge on any atom is -0.465 e. The molecule has 106 valence electrons. The van der Waals surface area contributed by atoms with Gasteiger partial charge in [0.2, 0.25) is 0 Å². The summed E-state index contributed by atoms with van der Waals surface area (Å²) < 4.78 is 4.75. The van der Waals surface area contributed by atoms with Crippen molar-refractivity contribution in [1.29, 1.82) is 0 Å². The molecule has 0 fully saturated rings. The van der Waals surface area contributed by atoms with Gasteiger partial charge in [-0.2, -0.15) is 0 Å². The number of thiocarbonyl (C=S) groups is 1. The van der Waals surface area contributed by atoms with Crippen LogP contribution >= 0.6 is 23.6 Å². The number of unbranched alkanes of at least 4 members (excludes halogenated alkanes) is 2. The van der Waals surface area contributed by atoms with Crippen molar-refractivity contribution in [3.63, 3.8) is 0 Å². The van der Waals surface area contributed by atoms with E-state index in [0.29, 0.717) is 10.7 Å². The minimum absolute atomic E-state index is 0.347. The predicted molar refractivity (Wildman–Crippen MR) is 84.1 cm³/mol. The van der Waals surface area contributed by atoms with Gasteiger partial charge in [-0.25, -0.2) is 4.79 Å². The zero-order valence-corrected chi connectivity index (χ0v) is 13.2. The molecular weight excluding hydrogens is 280 g/mol. The summed E-state index contributed by atoms with van der Waals surface area (Å²) in [5.41, 5.74) is 0.530. The van der Waals surface area contributed by atoms with Crippen molar-refractivity contribution in [1.82, 2.24) is 5.32 Å². The number of aryl methyl sites for hydroxylation is 1. The molecule has 0 bridgehead atoms. The molecule has 6 heteroatoms. The van der Waals surface area contributed by atoms with Crippen molar-refractivity contribution in [3.05, 3.63) is 16.5 Å². The normalized spacial score (nSPS) is 10.1. The van der Waals surface area contributed by atoms with Gasteiger partial charge in [0.1, 0.15) is 5.00 Å². The van der Waals surface area contributed by atoms with Crippen LogP contribution in [0.2, 0.25) is 0 Å². The number of carbonyl (C=O) groups excluding carboxylic acids is 1. The molecule has 1 heterocycles. The van der Waals surface area contributed by atoms with Crippen molar-refractivity contribution < 1.29 is 9.53 Å². The number of hydrogen-bond donors (Lipinski definition) is 2. The zero-order valence-electron chi connectivity index (χ0n) is 11.5. The first-order valence-corrected chi connectivity index (χ1v) is 7.54. The van der Waals surface area contributed by atoms with E-state index in [1.807, 2.05) is 6.92 Å². The summed E-state index contributed by atoms with van der Waals surface area (Å²) in [6.45, 7) is 4.95. The summed E-state index contributed by atoms with van der Waals surface area (Å²) in [4.78, 5) is 12.6. The maximum atomic E-state index is 11.6. The number of anilines is 1. The summed E-state index contributed by atoms with van der Waals surface area (Å²) >= 11 is 6.70. The fraction of sp³-hybridized carbons (Fsp3) is 0.538. The molecule has 1 aromatic heterocycles. The highest BCUT2D eigenvalue weighted by Gasteiger charge is 2.15. The third-order valence-corrected chi connectivity index (χ3v) is 3.77. The lowest BCUT2D eigenvalue weighted by atomic mass is 10.2. The number of carbonyl (C=O) groups is 1. The van der Waals surface area contributed by atoms with Crippen LogP contribution in [-0.4, -0.2) is 24.7 Å². The van der Waals surface area contributed by atoms with E-state index in [1.54, 1.807) is 6.07 Å². The van der Waals surface area contributed by atoms with Crippen LogP contribution < -0.4 is 10.6 Å². The molecule has 0 aliphatic heterocycles. The second-order valence-corrected chi connectivity index (χ2v) is 5.84. The lowest BCUT2D eigenvalue weighted by Gasteiger charge is -2.09. The smallest absolute Gasteiger partial charge is 0.340 e. The highest BCUT2D eigenvalue weighted by atomic mass is 32.1. The van der Waals surface area contributed by atoms with Crippen LogP contribution in [0.4, 0.5) is 5.00 Å². The largest absolute Gasteiger partial charge is 0.465 e. The van der Waals surface area contributed by atoms with Gasteiger partial charge in [0.15, 0.2) is 5.11 Å². The van der Waals surface area contributed by atoms with Crippen LogP contribution in [-0.2, 0) is 4.74 Å². The van der Waals surface area contributed by atoms with Gasteiger partial charge in [-0.3, -0.25) is 0 Å².